The smallest absolute Gasteiger partial charge is 0.248 e. The molecule has 0 spiro atoms. The van der Waals surface area contributed by atoms with Crippen LogP contribution in [-0.4, -0.2) is 18.4 Å². The van der Waals surface area contributed by atoms with E-state index < -0.39 is 5.91 Å². The number of hydrogen-bond acceptors (Lipinski definition) is 3. The van der Waals surface area contributed by atoms with Crippen LogP contribution in [0.5, 0.6) is 5.75 Å². The molecule has 0 radical (unpaired) electrons. The van der Waals surface area contributed by atoms with Gasteiger partial charge in [0.1, 0.15) is 5.75 Å². The Morgan fingerprint density at radius 2 is 1.92 bits per heavy atom. The Kier molecular flexibility index (Phi) is 5.33. The van der Waals surface area contributed by atoms with Crippen LogP contribution < -0.4 is 15.8 Å². The van der Waals surface area contributed by atoms with Crippen molar-refractivity contribution in [3.8, 4) is 5.75 Å². The van der Waals surface area contributed by atoms with E-state index in [4.69, 9.17) is 10.5 Å². The van der Waals surface area contributed by atoms with Crippen molar-refractivity contribution < 1.29 is 14.3 Å². The van der Waals surface area contributed by atoms with Gasteiger partial charge in [0.25, 0.3) is 0 Å². The number of primary amides is 1. The Labute approximate surface area is 147 Å². The zero-order valence-electron chi connectivity index (χ0n) is 14.1. The minimum absolute atomic E-state index is 0.0634. The maximum atomic E-state index is 12.0. The average molecular weight is 338 g/mol. The SMILES string of the molecule is NC(=O)c1cccc(OCCC(=O)NCc2ccc3c(c2)CCC3)c1. The van der Waals surface area contributed by atoms with Gasteiger partial charge in [-0.25, -0.2) is 0 Å². The number of aryl methyl sites for hydroxylation is 2. The highest BCUT2D eigenvalue weighted by molar-refractivity contribution is 5.93. The molecule has 2 aromatic carbocycles. The lowest BCUT2D eigenvalue weighted by Gasteiger charge is -2.09. The topological polar surface area (TPSA) is 81.4 Å². The van der Waals surface area contributed by atoms with Gasteiger partial charge in [0.05, 0.1) is 13.0 Å². The molecule has 0 saturated carbocycles. The van der Waals surface area contributed by atoms with Crippen LogP contribution in [0.1, 0.15) is 39.9 Å². The lowest BCUT2D eigenvalue weighted by atomic mass is 10.1. The number of ether oxygens (including phenoxy) is 1. The zero-order chi connectivity index (χ0) is 17.6. The van der Waals surface area contributed by atoms with Crippen LogP contribution in [0.2, 0.25) is 0 Å². The molecule has 0 aliphatic heterocycles. The molecule has 0 aromatic heterocycles. The summed E-state index contributed by atoms with van der Waals surface area (Å²) >= 11 is 0. The second kappa shape index (κ2) is 7.83. The van der Waals surface area contributed by atoms with Gasteiger partial charge in [0, 0.05) is 12.1 Å². The molecule has 0 unspecified atom stereocenters. The van der Waals surface area contributed by atoms with Gasteiger partial charge in [0.15, 0.2) is 0 Å². The number of nitrogens with one attached hydrogen (secondary N) is 1. The highest BCUT2D eigenvalue weighted by Crippen LogP contribution is 2.22. The first-order valence-electron chi connectivity index (χ1n) is 8.52. The molecular weight excluding hydrogens is 316 g/mol. The Hall–Kier alpha value is -2.82. The van der Waals surface area contributed by atoms with Gasteiger partial charge in [-0.3, -0.25) is 9.59 Å². The third-order valence-corrected chi connectivity index (χ3v) is 4.37. The molecule has 0 fully saturated rings. The molecule has 1 aliphatic carbocycles. The molecule has 5 heteroatoms. The highest BCUT2D eigenvalue weighted by Gasteiger charge is 2.11. The van der Waals surface area contributed by atoms with E-state index in [2.05, 4.69) is 23.5 Å². The van der Waals surface area contributed by atoms with Crippen LogP contribution in [0.4, 0.5) is 0 Å². The summed E-state index contributed by atoms with van der Waals surface area (Å²) in [6, 6.07) is 13.1. The quantitative estimate of drug-likeness (QED) is 0.813. The molecule has 25 heavy (non-hydrogen) atoms. The highest BCUT2D eigenvalue weighted by atomic mass is 16.5. The van der Waals surface area contributed by atoms with Crippen molar-refractivity contribution in [1.82, 2.24) is 5.32 Å². The average Bonchev–Trinajstić information content (AvgIpc) is 3.08. The summed E-state index contributed by atoms with van der Waals surface area (Å²) in [7, 11) is 0. The number of hydrogen-bond donors (Lipinski definition) is 2. The lowest BCUT2D eigenvalue weighted by molar-refractivity contribution is -0.121. The Morgan fingerprint density at radius 1 is 1.08 bits per heavy atom. The van der Waals surface area contributed by atoms with Gasteiger partial charge in [-0.05, 0) is 54.2 Å². The molecule has 0 atom stereocenters. The van der Waals surface area contributed by atoms with Gasteiger partial charge in [-0.1, -0.05) is 24.3 Å². The third kappa shape index (κ3) is 4.59. The second-order valence-electron chi connectivity index (χ2n) is 6.22. The molecule has 0 saturated heterocycles. The largest absolute Gasteiger partial charge is 0.493 e. The standard InChI is InChI=1S/C20H22N2O3/c21-20(24)17-5-2-6-18(12-17)25-10-9-19(23)22-13-14-7-8-15-3-1-4-16(15)11-14/h2,5-8,11-12H,1,3-4,9-10,13H2,(H2,21,24)(H,22,23). The van der Waals surface area contributed by atoms with Gasteiger partial charge >= 0.3 is 0 Å². The molecule has 0 bridgehead atoms. The molecule has 3 N–H and O–H groups in total. The summed E-state index contributed by atoms with van der Waals surface area (Å²) in [6.45, 7) is 0.779. The van der Waals surface area contributed by atoms with Crippen molar-refractivity contribution in [2.45, 2.75) is 32.2 Å². The summed E-state index contributed by atoms with van der Waals surface area (Å²) in [4.78, 5) is 23.1. The normalized spacial score (nSPS) is 12.5. The number of carbonyl (C=O) groups is 2. The summed E-state index contributed by atoms with van der Waals surface area (Å²) in [5.41, 5.74) is 9.58. The number of fused-ring (bicyclic) bond motifs is 1. The van der Waals surface area contributed by atoms with Crippen molar-refractivity contribution in [3.05, 3.63) is 64.7 Å². The Morgan fingerprint density at radius 3 is 2.76 bits per heavy atom. The molecular formula is C20H22N2O3. The van der Waals surface area contributed by atoms with E-state index in [1.807, 2.05) is 0 Å². The van der Waals surface area contributed by atoms with Gasteiger partial charge < -0.3 is 15.8 Å². The molecule has 130 valence electrons. The summed E-state index contributed by atoms with van der Waals surface area (Å²) < 4.78 is 5.51. The Bertz CT molecular complexity index is 786. The van der Waals surface area contributed by atoms with E-state index in [1.165, 1.54) is 17.5 Å². The van der Waals surface area contributed by atoms with Crippen molar-refractivity contribution >= 4 is 11.8 Å². The van der Waals surface area contributed by atoms with Gasteiger partial charge in [0.2, 0.25) is 11.8 Å². The fraction of sp³-hybridized carbons (Fsp3) is 0.300. The van der Waals surface area contributed by atoms with Crippen molar-refractivity contribution in [2.75, 3.05) is 6.61 Å². The minimum Gasteiger partial charge on any atom is -0.493 e. The summed E-state index contributed by atoms with van der Waals surface area (Å²) in [6.07, 6.45) is 3.77. The van der Waals surface area contributed by atoms with Crippen molar-refractivity contribution in [1.29, 1.82) is 0 Å². The van der Waals surface area contributed by atoms with E-state index >= 15 is 0 Å². The number of benzene rings is 2. The fourth-order valence-corrected chi connectivity index (χ4v) is 3.02. The number of nitrogens with two attached hydrogens (primary N) is 1. The van der Waals surface area contributed by atoms with Crippen LogP contribution in [0.25, 0.3) is 0 Å². The number of rotatable bonds is 7. The molecule has 0 heterocycles. The molecule has 2 aromatic rings. The molecule has 5 nitrogen and oxygen atoms in total. The monoisotopic (exact) mass is 338 g/mol. The summed E-state index contributed by atoms with van der Waals surface area (Å²) in [5.74, 6) is -0.0354. The van der Waals surface area contributed by atoms with Crippen LogP contribution in [0.15, 0.2) is 42.5 Å². The third-order valence-electron chi connectivity index (χ3n) is 4.37. The van der Waals surface area contributed by atoms with Crippen molar-refractivity contribution in [3.63, 3.8) is 0 Å². The fourth-order valence-electron chi connectivity index (χ4n) is 3.02. The van der Waals surface area contributed by atoms with E-state index in [-0.39, 0.29) is 18.9 Å². The van der Waals surface area contributed by atoms with Crippen LogP contribution in [0.3, 0.4) is 0 Å². The van der Waals surface area contributed by atoms with E-state index in [0.717, 1.165) is 18.4 Å². The Balaban J connectivity index is 1.42. The van der Waals surface area contributed by atoms with Crippen LogP contribution in [-0.2, 0) is 24.2 Å². The number of amides is 2. The van der Waals surface area contributed by atoms with Gasteiger partial charge in [-0.15, -0.1) is 0 Å². The minimum atomic E-state index is -0.502. The molecule has 1 aliphatic rings. The van der Waals surface area contributed by atoms with E-state index in [1.54, 1.807) is 24.3 Å². The maximum absolute atomic E-state index is 12.0. The molecule has 2 amide bonds. The predicted octanol–water partition coefficient (Wildman–Crippen LogP) is 2.36. The zero-order valence-corrected chi connectivity index (χ0v) is 14.1. The predicted molar refractivity (Wildman–Crippen MR) is 95.4 cm³/mol. The first-order chi connectivity index (χ1) is 12.1. The van der Waals surface area contributed by atoms with Gasteiger partial charge in [-0.2, -0.15) is 0 Å². The summed E-state index contributed by atoms with van der Waals surface area (Å²) in [5, 5.41) is 2.91. The van der Waals surface area contributed by atoms with E-state index in [9.17, 15) is 9.59 Å². The van der Waals surface area contributed by atoms with Crippen molar-refractivity contribution in [2.24, 2.45) is 5.73 Å². The molecule has 3 rings (SSSR count). The first kappa shape index (κ1) is 17.0. The van der Waals surface area contributed by atoms with Crippen LogP contribution >= 0.6 is 0 Å². The maximum Gasteiger partial charge on any atom is 0.248 e. The first-order valence-corrected chi connectivity index (χ1v) is 8.52. The number of carbonyl (C=O) groups excluding carboxylic acids is 2. The van der Waals surface area contributed by atoms with Crippen LogP contribution in [0, 0.1) is 0 Å². The van der Waals surface area contributed by atoms with E-state index in [0.29, 0.717) is 17.9 Å². The lowest BCUT2D eigenvalue weighted by Crippen LogP contribution is -2.24. The second-order valence-corrected chi connectivity index (χ2v) is 6.22.